The van der Waals surface area contributed by atoms with E-state index < -0.39 is 38.1 Å². The molecule has 3 heterocycles. The molecular weight excluding hydrogens is 372 g/mol. The molecule has 2 aliphatic heterocycles. The molecule has 11 nitrogen and oxygen atoms in total. The van der Waals surface area contributed by atoms with Gasteiger partial charge in [0.05, 0.1) is 6.61 Å². The average Bonchev–Trinajstić information content (AvgIpc) is 2.82. The second-order valence-electron chi connectivity index (χ2n) is 5.57. The largest absolute Gasteiger partial charge is 0.506 e. The number of rotatable bonds is 4. The van der Waals surface area contributed by atoms with Crippen LogP contribution in [-0.2, 0) is 18.3 Å². The van der Waals surface area contributed by atoms with E-state index in [1.807, 2.05) is 0 Å². The fourth-order valence-electron chi connectivity index (χ4n) is 2.42. The van der Waals surface area contributed by atoms with Crippen LogP contribution in [0, 0.1) is 0 Å². The first-order chi connectivity index (χ1) is 11.8. The zero-order valence-corrected chi connectivity index (χ0v) is 16.1. The molecule has 25 heavy (non-hydrogen) atoms. The minimum Gasteiger partial charge on any atom is -0.506 e. The van der Waals surface area contributed by atoms with E-state index in [1.165, 1.54) is 12.3 Å². The minimum atomic E-state index is -3.58. The Kier molecular flexibility index (Phi) is 5.22. The zero-order valence-electron chi connectivity index (χ0n) is 13.2. The molecule has 0 saturated carbocycles. The number of aromatic nitrogens is 2. The van der Waals surface area contributed by atoms with Crippen LogP contribution in [0.15, 0.2) is 28.6 Å². The summed E-state index contributed by atoms with van der Waals surface area (Å²) in [5.74, 6) is -0.793. The molecule has 2 aliphatic rings. The van der Waals surface area contributed by atoms with Gasteiger partial charge in [-0.05, 0) is 12.5 Å². The van der Waals surface area contributed by atoms with Crippen LogP contribution in [0.3, 0.4) is 0 Å². The Morgan fingerprint density at radius 2 is 2.28 bits per heavy atom. The van der Waals surface area contributed by atoms with Crippen molar-refractivity contribution in [1.82, 2.24) is 9.55 Å². The second kappa shape index (κ2) is 7.09. The van der Waals surface area contributed by atoms with E-state index in [9.17, 15) is 19.6 Å². The van der Waals surface area contributed by atoms with E-state index >= 15 is 0 Å². The highest BCUT2D eigenvalue weighted by molar-refractivity contribution is 7.55. The number of aliphatic hydroxyl groups is 3. The Morgan fingerprint density at radius 3 is 2.88 bits per heavy atom. The molecule has 1 fully saturated rings. The van der Waals surface area contributed by atoms with Gasteiger partial charge in [0.2, 0.25) is 6.23 Å². The maximum Gasteiger partial charge on any atom is 0.432 e. The van der Waals surface area contributed by atoms with Crippen LogP contribution in [0.25, 0.3) is 0 Å². The Bertz CT molecular complexity index is 799. The third-order valence-electron chi connectivity index (χ3n) is 3.70. The van der Waals surface area contributed by atoms with Crippen molar-refractivity contribution >= 4 is 29.9 Å². The van der Waals surface area contributed by atoms with Crippen LogP contribution >= 0.6 is 7.75 Å². The van der Waals surface area contributed by atoms with Crippen LogP contribution in [0.4, 0.5) is 5.82 Å². The minimum absolute atomic E-state index is 0.0209. The SMILES string of the molecule is O=c1nc(NP2(=O)OCC[CH]([AlH2])O2)ccn1[C@@H]1OC(CO)=C(O)C1O. The van der Waals surface area contributed by atoms with Crippen molar-refractivity contribution in [1.29, 1.82) is 0 Å². The van der Waals surface area contributed by atoms with Crippen LogP contribution in [0.1, 0.15) is 12.6 Å². The molecule has 1 aromatic rings. The third kappa shape index (κ3) is 3.75. The summed E-state index contributed by atoms with van der Waals surface area (Å²) in [6.07, 6.45) is -0.879. The molecule has 3 rings (SSSR count). The number of nitrogens with one attached hydrogen (secondary N) is 1. The highest BCUT2D eigenvalue weighted by Gasteiger charge is 2.37. The van der Waals surface area contributed by atoms with Crippen LogP contribution in [0.5, 0.6) is 0 Å². The molecule has 0 aliphatic carbocycles. The lowest BCUT2D eigenvalue weighted by atomic mass is 10.2. The predicted molar refractivity (Wildman–Crippen MR) is 86.6 cm³/mol. The Hall–Kier alpha value is -1.38. The lowest BCUT2D eigenvalue weighted by molar-refractivity contribution is -0.0171. The van der Waals surface area contributed by atoms with Crippen LogP contribution in [0.2, 0.25) is 0 Å². The first-order valence-corrected chi connectivity index (χ1v) is 10.2. The molecule has 4 N–H and O–H groups in total. The molecule has 1 aromatic heterocycles. The van der Waals surface area contributed by atoms with Crippen LogP contribution in [-0.4, -0.2) is 65.4 Å². The summed E-state index contributed by atoms with van der Waals surface area (Å²) in [6, 6.07) is 1.33. The highest BCUT2D eigenvalue weighted by Crippen LogP contribution is 2.51. The van der Waals surface area contributed by atoms with E-state index in [0.717, 1.165) is 4.57 Å². The smallest absolute Gasteiger partial charge is 0.432 e. The summed E-state index contributed by atoms with van der Waals surface area (Å²) in [5, 5.41) is 31.1. The Morgan fingerprint density at radius 1 is 1.52 bits per heavy atom. The van der Waals surface area contributed by atoms with E-state index in [-0.39, 0.29) is 23.1 Å². The predicted octanol–water partition coefficient (Wildman–Crippen LogP) is -1.19. The second-order valence-corrected chi connectivity index (χ2v) is 8.55. The lowest BCUT2D eigenvalue weighted by Crippen LogP contribution is -2.33. The summed E-state index contributed by atoms with van der Waals surface area (Å²) in [4.78, 5) is 15.8. The third-order valence-corrected chi connectivity index (χ3v) is 6.58. The number of anilines is 1. The van der Waals surface area contributed by atoms with Gasteiger partial charge in [0.25, 0.3) is 16.3 Å². The van der Waals surface area contributed by atoms with Crippen molar-refractivity contribution in [2.75, 3.05) is 18.3 Å². The molecular formula is C12H17AlN3O8P. The van der Waals surface area contributed by atoms with Gasteiger partial charge in [0.1, 0.15) is 12.4 Å². The van der Waals surface area contributed by atoms with E-state index in [1.54, 1.807) is 0 Å². The number of hydrogen-bond donors (Lipinski definition) is 4. The van der Waals surface area contributed by atoms with Gasteiger partial charge in [-0.15, -0.1) is 0 Å². The quantitative estimate of drug-likeness (QED) is 0.365. The first-order valence-electron chi connectivity index (χ1n) is 7.51. The van der Waals surface area contributed by atoms with Crippen molar-refractivity contribution in [3.8, 4) is 0 Å². The monoisotopic (exact) mass is 389 g/mol. The highest BCUT2D eigenvalue weighted by atomic mass is 31.2. The molecule has 3 unspecified atom stereocenters. The normalized spacial score (nSPS) is 32.5. The number of aliphatic hydroxyl groups excluding tert-OH is 3. The fraction of sp³-hybridized carbons (Fsp3) is 0.500. The van der Waals surface area contributed by atoms with Crippen molar-refractivity contribution in [2.45, 2.75) is 23.7 Å². The van der Waals surface area contributed by atoms with Gasteiger partial charge >= 0.3 is 13.4 Å². The molecule has 0 aromatic carbocycles. The number of ether oxygens (including phenoxy) is 1. The fourth-order valence-corrected chi connectivity index (χ4v) is 5.00. The van der Waals surface area contributed by atoms with E-state index in [2.05, 4.69) is 10.1 Å². The maximum absolute atomic E-state index is 12.4. The standard InChI is InChI=1S/C12H15N3O8P.Al.2H/c16-6-7-9(17)10(18)11(23-7)15-3-2-8(13-12(15)19)14-24(20)21-4-1-5-22-24;;;/h2-4,10-11,16-18H,1,5-6H2,(H,13,14,19,20);;;/t10?,11-,24?;;;/m1.../s1. The summed E-state index contributed by atoms with van der Waals surface area (Å²) < 4.78 is 29.0. The first kappa shape index (κ1) is 18.4. The van der Waals surface area contributed by atoms with Crippen molar-refractivity contribution in [3.05, 3.63) is 34.3 Å². The van der Waals surface area contributed by atoms with Gasteiger partial charge in [-0.25, -0.2) is 9.36 Å². The summed E-state index contributed by atoms with van der Waals surface area (Å²) in [6.45, 7) is -0.340. The molecule has 136 valence electrons. The van der Waals surface area contributed by atoms with Crippen molar-refractivity contribution in [2.24, 2.45) is 0 Å². The van der Waals surface area contributed by atoms with Gasteiger partial charge in [0, 0.05) is 11.2 Å². The lowest BCUT2D eigenvalue weighted by Gasteiger charge is -2.28. The van der Waals surface area contributed by atoms with E-state index in [4.69, 9.17) is 18.9 Å². The van der Waals surface area contributed by atoms with Gasteiger partial charge in [-0.2, -0.15) is 4.98 Å². The molecule has 0 radical (unpaired) electrons. The maximum atomic E-state index is 12.4. The van der Waals surface area contributed by atoms with Gasteiger partial charge in [0.15, 0.2) is 17.6 Å². The molecule has 0 bridgehead atoms. The molecule has 0 spiro atoms. The number of hydrogen-bond acceptors (Lipinski definition) is 9. The van der Waals surface area contributed by atoms with Crippen molar-refractivity contribution in [3.63, 3.8) is 0 Å². The number of nitrogens with zero attached hydrogens (tertiary/aromatic N) is 2. The van der Waals surface area contributed by atoms with Gasteiger partial charge in [-0.3, -0.25) is 14.2 Å². The zero-order chi connectivity index (χ0) is 18.2. The van der Waals surface area contributed by atoms with Gasteiger partial charge in [-0.1, -0.05) is 0 Å². The van der Waals surface area contributed by atoms with Crippen LogP contribution < -0.4 is 10.8 Å². The summed E-state index contributed by atoms with van der Waals surface area (Å²) >= 11 is 0.690. The van der Waals surface area contributed by atoms with Crippen molar-refractivity contribution < 1.29 is 33.7 Å². The Labute approximate surface area is 149 Å². The summed E-state index contributed by atoms with van der Waals surface area (Å²) in [7, 11) is -3.58. The topological polar surface area (TPSA) is 152 Å². The van der Waals surface area contributed by atoms with E-state index in [0.29, 0.717) is 22.7 Å². The Balaban J connectivity index is 1.78. The molecule has 13 heteroatoms. The molecule has 4 atom stereocenters. The molecule has 0 amide bonds. The molecule has 1 saturated heterocycles. The summed E-state index contributed by atoms with van der Waals surface area (Å²) in [5.41, 5.74) is -0.827. The van der Waals surface area contributed by atoms with Gasteiger partial charge < -0.3 is 24.6 Å². The average molecular weight is 389 g/mol.